The van der Waals surface area contributed by atoms with E-state index in [-0.39, 0.29) is 16.1 Å². The van der Waals surface area contributed by atoms with E-state index in [9.17, 15) is 10.1 Å². The molecule has 1 heterocycles. The molecule has 1 saturated heterocycles. The van der Waals surface area contributed by atoms with Crippen LogP contribution in [0.15, 0.2) is 18.2 Å². The van der Waals surface area contributed by atoms with Crippen molar-refractivity contribution in [2.45, 2.75) is 19.4 Å². The van der Waals surface area contributed by atoms with Gasteiger partial charge in [0.15, 0.2) is 0 Å². The molecule has 5 nitrogen and oxygen atoms in total. The molecular formula is C12H16IN3O2. The van der Waals surface area contributed by atoms with Gasteiger partial charge in [-0.05, 0) is 48.6 Å². The summed E-state index contributed by atoms with van der Waals surface area (Å²) in [4.78, 5) is 12.9. The first-order chi connectivity index (χ1) is 8.39. The zero-order valence-electron chi connectivity index (χ0n) is 10.4. The summed E-state index contributed by atoms with van der Waals surface area (Å²) < 4.78 is 0.887. The lowest BCUT2D eigenvalue weighted by Gasteiger charge is -2.40. The molecule has 1 aliphatic rings. The zero-order chi connectivity index (χ0) is 13.3. The molecule has 0 saturated carbocycles. The summed E-state index contributed by atoms with van der Waals surface area (Å²) in [6, 6.07) is 5.39. The quantitative estimate of drug-likeness (QED) is 0.499. The van der Waals surface area contributed by atoms with Crippen LogP contribution in [0.25, 0.3) is 0 Å². The number of nitro benzene ring substituents is 1. The third-order valence-corrected chi connectivity index (χ3v) is 3.72. The molecule has 6 heteroatoms. The summed E-state index contributed by atoms with van der Waals surface area (Å²) in [5.74, 6) is 0. The van der Waals surface area contributed by atoms with Crippen molar-refractivity contribution < 1.29 is 4.92 Å². The predicted molar refractivity (Wildman–Crippen MR) is 80.1 cm³/mol. The van der Waals surface area contributed by atoms with E-state index in [0.29, 0.717) is 0 Å². The van der Waals surface area contributed by atoms with Crippen LogP contribution in [-0.2, 0) is 0 Å². The van der Waals surface area contributed by atoms with Crippen molar-refractivity contribution in [1.82, 2.24) is 5.32 Å². The van der Waals surface area contributed by atoms with Crippen LogP contribution in [0.3, 0.4) is 0 Å². The molecule has 1 aliphatic heterocycles. The van der Waals surface area contributed by atoms with E-state index >= 15 is 0 Å². The van der Waals surface area contributed by atoms with E-state index in [1.54, 1.807) is 6.07 Å². The highest BCUT2D eigenvalue weighted by Crippen LogP contribution is 2.31. The minimum Gasteiger partial charge on any atom is -0.363 e. The van der Waals surface area contributed by atoms with Gasteiger partial charge in [-0.3, -0.25) is 10.1 Å². The monoisotopic (exact) mass is 361 g/mol. The van der Waals surface area contributed by atoms with E-state index in [1.807, 2.05) is 12.1 Å². The Morgan fingerprint density at radius 2 is 2.22 bits per heavy atom. The van der Waals surface area contributed by atoms with Gasteiger partial charge in [0.25, 0.3) is 5.69 Å². The van der Waals surface area contributed by atoms with Crippen LogP contribution in [0.1, 0.15) is 13.8 Å². The number of nitrogens with one attached hydrogen (secondary N) is 1. The van der Waals surface area contributed by atoms with Gasteiger partial charge in [0.2, 0.25) is 0 Å². The van der Waals surface area contributed by atoms with Crippen molar-refractivity contribution in [3.05, 3.63) is 31.9 Å². The van der Waals surface area contributed by atoms with Gasteiger partial charge in [0, 0.05) is 34.8 Å². The Morgan fingerprint density at radius 3 is 2.83 bits per heavy atom. The summed E-state index contributed by atoms with van der Waals surface area (Å²) in [5, 5.41) is 14.5. The molecule has 0 aromatic heterocycles. The molecule has 98 valence electrons. The van der Waals surface area contributed by atoms with Crippen LogP contribution in [0.2, 0.25) is 0 Å². The first kappa shape index (κ1) is 13.5. The first-order valence-corrected chi connectivity index (χ1v) is 6.91. The third kappa shape index (κ3) is 2.92. The largest absolute Gasteiger partial charge is 0.363 e. The number of benzene rings is 1. The average Bonchev–Trinajstić information content (AvgIpc) is 2.27. The molecule has 1 aromatic carbocycles. The molecular weight excluding hydrogens is 345 g/mol. The highest BCUT2D eigenvalue weighted by atomic mass is 127. The molecule has 1 N–H and O–H groups in total. The van der Waals surface area contributed by atoms with Crippen molar-refractivity contribution in [2.75, 3.05) is 24.5 Å². The fourth-order valence-electron chi connectivity index (χ4n) is 2.26. The van der Waals surface area contributed by atoms with Crippen LogP contribution in [0, 0.1) is 13.7 Å². The molecule has 0 amide bonds. The second-order valence-corrected chi connectivity index (χ2v) is 6.37. The van der Waals surface area contributed by atoms with Crippen LogP contribution in [-0.4, -0.2) is 30.1 Å². The van der Waals surface area contributed by atoms with Gasteiger partial charge in [0.05, 0.1) is 4.92 Å². The van der Waals surface area contributed by atoms with Gasteiger partial charge in [-0.2, -0.15) is 0 Å². The predicted octanol–water partition coefficient (Wildman–Crippen LogP) is 2.39. The van der Waals surface area contributed by atoms with Crippen molar-refractivity contribution >= 4 is 34.0 Å². The maximum atomic E-state index is 11.1. The van der Waals surface area contributed by atoms with Gasteiger partial charge in [-0.25, -0.2) is 0 Å². The topological polar surface area (TPSA) is 58.4 Å². The molecule has 2 rings (SSSR count). The number of hydrogen-bond acceptors (Lipinski definition) is 4. The maximum Gasteiger partial charge on any atom is 0.293 e. The number of nitro groups is 1. The van der Waals surface area contributed by atoms with Gasteiger partial charge >= 0.3 is 0 Å². The Labute approximate surface area is 120 Å². The number of nitrogens with zero attached hydrogens (tertiary/aromatic N) is 2. The van der Waals surface area contributed by atoms with E-state index in [1.165, 1.54) is 0 Å². The lowest BCUT2D eigenvalue weighted by atomic mass is 10.0. The molecule has 0 radical (unpaired) electrons. The van der Waals surface area contributed by atoms with E-state index in [2.05, 4.69) is 46.7 Å². The standard InChI is InChI=1S/C12H16IN3O2/c1-12(2)8-15(6-5-14-12)10-4-3-9(13)7-11(10)16(17)18/h3-4,7,14H,5-6,8H2,1-2H3. The second-order valence-electron chi connectivity index (χ2n) is 5.12. The number of rotatable bonds is 2. The van der Waals surface area contributed by atoms with Gasteiger partial charge in [-0.15, -0.1) is 0 Å². The summed E-state index contributed by atoms with van der Waals surface area (Å²) >= 11 is 2.10. The Bertz CT molecular complexity index is 476. The van der Waals surface area contributed by atoms with Gasteiger partial charge in [0.1, 0.15) is 5.69 Å². The lowest BCUT2D eigenvalue weighted by Crippen LogP contribution is -2.57. The van der Waals surface area contributed by atoms with Crippen molar-refractivity contribution in [3.63, 3.8) is 0 Å². The molecule has 0 aliphatic carbocycles. The fraction of sp³-hybridized carbons (Fsp3) is 0.500. The summed E-state index contributed by atoms with van der Waals surface area (Å²) in [7, 11) is 0. The van der Waals surface area contributed by atoms with Gasteiger partial charge < -0.3 is 10.2 Å². The fourth-order valence-corrected chi connectivity index (χ4v) is 2.73. The van der Waals surface area contributed by atoms with Crippen molar-refractivity contribution in [1.29, 1.82) is 0 Å². The second kappa shape index (κ2) is 5.00. The Hall–Kier alpha value is -0.890. The van der Waals surface area contributed by atoms with Crippen LogP contribution in [0.5, 0.6) is 0 Å². The number of halogens is 1. The van der Waals surface area contributed by atoms with E-state index < -0.39 is 0 Å². The smallest absolute Gasteiger partial charge is 0.293 e. The van der Waals surface area contributed by atoms with Crippen LogP contribution >= 0.6 is 22.6 Å². The Balaban J connectivity index is 2.35. The molecule has 0 bridgehead atoms. The minimum atomic E-state index is -0.299. The maximum absolute atomic E-state index is 11.1. The third-order valence-electron chi connectivity index (χ3n) is 3.05. The lowest BCUT2D eigenvalue weighted by molar-refractivity contribution is -0.384. The Morgan fingerprint density at radius 1 is 1.50 bits per heavy atom. The van der Waals surface area contributed by atoms with Crippen molar-refractivity contribution in [2.24, 2.45) is 0 Å². The molecule has 0 atom stereocenters. The van der Waals surface area contributed by atoms with Crippen LogP contribution in [0.4, 0.5) is 11.4 Å². The Kier molecular flexibility index (Phi) is 3.76. The van der Waals surface area contributed by atoms with Crippen LogP contribution < -0.4 is 10.2 Å². The SMILES string of the molecule is CC1(C)CN(c2ccc(I)cc2[N+](=O)[O-])CCN1. The van der Waals surface area contributed by atoms with Gasteiger partial charge in [-0.1, -0.05) is 0 Å². The van der Waals surface area contributed by atoms with Crippen molar-refractivity contribution in [3.8, 4) is 0 Å². The number of hydrogen-bond donors (Lipinski definition) is 1. The average molecular weight is 361 g/mol. The van der Waals surface area contributed by atoms with E-state index in [4.69, 9.17) is 0 Å². The molecule has 1 aromatic rings. The molecule has 0 spiro atoms. The first-order valence-electron chi connectivity index (χ1n) is 5.83. The highest BCUT2D eigenvalue weighted by molar-refractivity contribution is 14.1. The number of anilines is 1. The summed E-state index contributed by atoms with van der Waals surface area (Å²) in [6.07, 6.45) is 0. The normalized spacial score (nSPS) is 18.7. The molecule has 0 unspecified atom stereocenters. The number of piperazine rings is 1. The molecule has 18 heavy (non-hydrogen) atoms. The zero-order valence-corrected chi connectivity index (χ0v) is 12.6. The minimum absolute atomic E-state index is 0.0187. The molecule has 1 fully saturated rings. The summed E-state index contributed by atoms with van der Waals surface area (Å²) in [6.45, 7) is 6.63. The summed E-state index contributed by atoms with van der Waals surface area (Å²) in [5.41, 5.74) is 0.893. The highest BCUT2D eigenvalue weighted by Gasteiger charge is 2.29. The van der Waals surface area contributed by atoms with E-state index in [0.717, 1.165) is 28.9 Å².